The highest BCUT2D eigenvalue weighted by molar-refractivity contribution is 7.17. The van der Waals surface area contributed by atoms with E-state index in [9.17, 15) is 9.59 Å². The fourth-order valence-corrected chi connectivity index (χ4v) is 2.59. The van der Waals surface area contributed by atoms with Gasteiger partial charge in [-0.3, -0.25) is 10.1 Å². The van der Waals surface area contributed by atoms with Crippen LogP contribution in [-0.2, 0) is 4.74 Å². The molecule has 3 rings (SSSR count). The van der Waals surface area contributed by atoms with E-state index in [-0.39, 0.29) is 5.69 Å². The van der Waals surface area contributed by atoms with Gasteiger partial charge in [-0.2, -0.15) is 5.10 Å². The number of amides is 1. The number of carbonyl (C=O) groups is 2. The lowest BCUT2D eigenvalue weighted by atomic mass is 10.3. The fraction of sp³-hybridized carbons (Fsp3) is 0.0667. The van der Waals surface area contributed by atoms with E-state index >= 15 is 0 Å². The number of ether oxygens (including phenoxy) is 1. The van der Waals surface area contributed by atoms with Crippen molar-refractivity contribution in [1.82, 2.24) is 14.8 Å². The number of methoxy groups -OCH3 is 1. The first-order chi connectivity index (χ1) is 11.2. The summed E-state index contributed by atoms with van der Waals surface area (Å²) in [5, 5.41) is 7.14. The molecule has 0 saturated heterocycles. The number of nitrogens with one attached hydrogen (secondary N) is 1. The highest BCUT2D eigenvalue weighted by Crippen LogP contribution is 2.19. The number of hydrogen-bond acceptors (Lipinski definition) is 6. The summed E-state index contributed by atoms with van der Waals surface area (Å²) < 4.78 is 6.20. The second kappa shape index (κ2) is 6.41. The van der Waals surface area contributed by atoms with Crippen LogP contribution in [0.1, 0.15) is 20.2 Å². The van der Waals surface area contributed by atoms with Crippen LogP contribution in [0.4, 0.5) is 5.13 Å². The third-order valence-electron chi connectivity index (χ3n) is 2.96. The molecule has 0 saturated carbocycles. The molecule has 2 aromatic heterocycles. The van der Waals surface area contributed by atoms with Crippen LogP contribution in [0, 0.1) is 0 Å². The van der Waals surface area contributed by atoms with E-state index in [0.717, 1.165) is 17.0 Å². The topological polar surface area (TPSA) is 86.1 Å². The molecule has 0 unspecified atom stereocenters. The number of aromatic nitrogens is 3. The summed E-state index contributed by atoms with van der Waals surface area (Å²) in [6.07, 6.45) is 3.06. The molecule has 0 aliphatic heterocycles. The SMILES string of the molecule is COC(=O)c1cnc(NC(=O)c2ccn(-c3ccccc3)n2)s1. The summed E-state index contributed by atoms with van der Waals surface area (Å²) in [5.41, 5.74) is 1.11. The van der Waals surface area contributed by atoms with Crippen LogP contribution in [0.2, 0.25) is 0 Å². The molecule has 0 aliphatic rings. The standard InChI is InChI=1S/C15H12N4O3S/c1-22-14(21)12-9-16-15(23-12)17-13(20)11-7-8-19(18-11)10-5-3-2-4-6-10/h2-9H,1H3,(H,16,17,20). The van der Waals surface area contributed by atoms with Crippen LogP contribution in [0.3, 0.4) is 0 Å². The Morgan fingerprint density at radius 2 is 2.00 bits per heavy atom. The van der Waals surface area contributed by atoms with Gasteiger partial charge in [0.25, 0.3) is 5.91 Å². The highest BCUT2D eigenvalue weighted by atomic mass is 32.1. The average Bonchev–Trinajstić information content (AvgIpc) is 3.24. The number of benzene rings is 1. The minimum atomic E-state index is -0.489. The molecular weight excluding hydrogens is 316 g/mol. The van der Waals surface area contributed by atoms with Crippen molar-refractivity contribution in [3.63, 3.8) is 0 Å². The van der Waals surface area contributed by atoms with Gasteiger partial charge in [0.1, 0.15) is 4.88 Å². The molecule has 8 heteroatoms. The zero-order valence-corrected chi connectivity index (χ0v) is 12.9. The molecule has 116 valence electrons. The molecule has 0 spiro atoms. The Hall–Kier alpha value is -3.00. The number of esters is 1. The Bertz CT molecular complexity index is 841. The van der Waals surface area contributed by atoms with Gasteiger partial charge in [0.15, 0.2) is 10.8 Å². The van der Waals surface area contributed by atoms with Gasteiger partial charge < -0.3 is 4.74 Å². The molecule has 7 nitrogen and oxygen atoms in total. The number of thiazole rings is 1. The van der Waals surface area contributed by atoms with Crippen LogP contribution in [-0.4, -0.2) is 33.8 Å². The maximum Gasteiger partial charge on any atom is 0.349 e. The van der Waals surface area contributed by atoms with Crippen molar-refractivity contribution in [2.75, 3.05) is 12.4 Å². The molecule has 1 N–H and O–H groups in total. The number of anilines is 1. The summed E-state index contributed by atoms with van der Waals surface area (Å²) in [6, 6.07) is 11.1. The van der Waals surface area contributed by atoms with Gasteiger partial charge >= 0.3 is 5.97 Å². The van der Waals surface area contributed by atoms with E-state index in [1.165, 1.54) is 13.3 Å². The second-order valence-corrected chi connectivity index (χ2v) is 5.49. The number of nitrogens with zero attached hydrogens (tertiary/aromatic N) is 3. The van der Waals surface area contributed by atoms with Crippen LogP contribution in [0.5, 0.6) is 0 Å². The monoisotopic (exact) mass is 328 g/mol. The van der Waals surface area contributed by atoms with Gasteiger partial charge in [-0.05, 0) is 18.2 Å². The molecule has 3 aromatic rings. The van der Waals surface area contributed by atoms with Gasteiger partial charge in [0, 0.05) is 6.20 Å². The Kier molecular flexibility index (Phi) is 4.15. The smallest absolute Gasteiger partial charge is 0.349 e. The molecule has 0 atom stereocenters. The molecule has 2 heterocycles. The first-order valence-electron chi connectivity index (χ1n) is 6.64. The van der Waals surface area contributed by atoms with Crippen LogP contribution < -0.4 is 5.32 Å². The van der Waals surface area contributed by atoms with Gasteiger partial charge in [-0.1, -0.05) is 29.5 Å². The van der Waals surface area contributed by atoms with E-state index in [1.807, 2.05) is 30.3 Å². The minimum absolute atomic E-state index is 0.253. The number of rotatable bonds is 4. The molecule has 0 fully saturated rings. The number of hydrogen-bond donors (Lipinski definition) is 1. The van der Waals surface area contributed by atoms with Crippen molar-refractivity contribution in [3.8, 4) is 5.69 Å². The van der Waals surface area contributed by atoms with E-state index in [2.05, 4.69) is 20.1 Å². The van der Waals surface area contributed by atoms with Crippen molar-refractivity contribution in [2.24, 2.45) is 0 Å². The Morgan fingerprint density at radius 1 is 1.22 bits per heavy atom. The van der Waals surface area contributed by atoms with Crippen molar-refractivity contribution < 1.29 is 14.3 Å². The molecule has 0 radical (unpaired) electrons. The second-order valence-electron chi connectivity index (χ2n) is 4.46. The molecule has 23 heavy (non-hydrogen) atoms. The Balaban J connectivity index is 1.73. The van der Waals surface area contributed by atoms with E-state index in [4.69, 9.17) is 0 Å². The predicted molar refractivity (Wildman–Crippen MR) is 85.0 cm³/mol. The summed E-state index contributed by atoms with van der Waals surface area (Å²) in [5.74, 6) is -0.887. The summed E-state index contributed by atoms with van der Waals surface area (Å²) in [6.45, 7) is 0. The maximum absolute atomic E-state index is 12.2. The summed E-state index contributed by atoms with van der Waals surface area (Å²) in [4.78, 5) is 27.8. The third-order valence-corrected chi connectivity index (χ3v) is 3.85. The van der Waals surface area contributed by atoms with Crippen molar-refractivity contribution in [3.05, 3.63) is 59.4 Å². The maximum atomic E-state index is 12.2. The summed E-state index contributed by atoms with van der Waals surface area (Å²) in [7, 11) is 1.29. The van der Waals surface area contributed by atoms with Crippen LogP contribution >= 0.6 is 11.3 Å². The molecule has 1 amide bonds. The van der Waals surface area contributed by atoms with Gasteiger partial charge in [0.2, 0.25) is 0 Å². The molecule has 1 aromatic carbocycles. The lowest BCUT2D eigenvalue weighted by Gasteiger charge is -2.00. The van der Waals surface area contributed by atoms with Crippen molar-refractivity contribution in [1.29, 1.82) is 0 Å². The fourth-order valence-electron chi connectivity index (χ4n) is 1.86. The average molecular weight is 328 g/mol. The quantitative estimate of drug-likeness (QED) is 0.743. The Morgan fingerprint density at radius 3 is 2.74 bits per heavy atom. The van der Waals surface area contributed by atoms with E-state index in [1.54, 1.807) is 16.9 Å². The lowest BCUT2D eigenvalue weighted by molar-refractivity contribution is 0.0606. The van der Waals surface area contributed by atoms with Crippen LogP contribution in [0.25, 0.3) is 5.69 Å². The van der Waals surface area contributed by atoms with Gasteiger partial charge in [0.05, 0.1) is 19.0 Å². The minimum Gasteiger partial charge on any atom is -0.465 e. The van der Waals surface area contributed by atoms with Crippen molar-refractivity contribution in [2.45, 2.75) is 0 Å². The first kappa shape index (κ1) is 14.9. The normalized spacial score (nSPS) is 10.3. The molecule has 0 bridgehead atoms. The lowest BCUT2D eigenvalue weighted by Crippen LogP contribution is -2.12. The van der Waals surface area contributed by atoms with Crippen LogP contribution in [0.15, 0.2) is 48.8 Å². The first-order valence-corrected chi connectivity index (χ1v) is 7.45. The molecule has 0 aliphatic carbocycles. The Labute approximate surface area is 135 Å². The van der Waals surface area contributed by atoms with E-state index < -0.39 is 11.9 Å². The summed E-state index contributed by atoms with van der Waals surface area (Å²) >= 11 is 1.04. The largest absolute Gasteiger partial charge is 0.465 e. The van der Waals surface area contributed by atoms with Crippen molar-refractivity contribution >= 4 is 28.3 Å². The highest BCUT2D eigenvalue weighted by Gasteiger charge is 2.15. The van der Waals surface area contributed by atoms with E-state index in [0.29, 0.717) is 10.0 Å². The van der Waals surface area contributed by atoms with Gasteiger partial charge in [-0.25, -0.2) is 14.5 Å². The molecular formula is C15H12N4O3S. The zero-order chi connectivity index (χ0) is 16.2. The third kappa shape index (κ3) is 3.27. The number of carbonyl (C=O) groups excluding carboxylic acids is 2. The predicted octanol–water partition coefficient (Wildman–Crippen LogP) is 2.37. The van der Waals surface area contributed by atoms with Gasteiger partial charge in [-0.15, -0.1) is 0 Å². The zero-order valence-electron chi connectivity index (χ0n) is 12.1. The number of para-hydroxylation sites is 1.